The summed E-state index contributed by atoms with van der Waals surface area (Å²) in [6.45, 7) is 1.53. The highest BCUT2D eigenvalue weighted by Crippen LogP contribution is 2.38. The number of carbonyl (C=O) groups is 1. The number of aromatic amines is 1. The molecule has 0 spiro atoms. The number of pyridine rings is 1. The summed E-state index contributed by atoms with van der Waals surface area (Å²) in [5, 5.41) is 1.28. The van der Waals surface area contributed by atoms with E-state index in [-0.39, 0.29) is 11.5 Å². The van der Waals surface area contributed by atoms with Crippen LogP contribution in [0.15, 0.2) is 82.1 Å². The van der Waals surface area contributed by atoms with Crippen LogP contribution < -0.4 is 10.5 Å². The molecule has 5 nitrogen and oxygen atoms in total. The van der Waals surface area contributed by atoms with E-state index in [0.29, 0.717) is 22.4 Å². The summed E-state index contributed by atoms with van der Waals surface area (Å²) in [6.07, 6.45) is 0. The summed E-state index contributed by atoms with van der Waals surface area (Å²) >= 11 is 3.57. The second-order valence-corrected chi connectivity index (χ2v) is 7.69. The number of amides is 1. The van der Waals surface area contributed by atoms with Crippen LogP contribution >= 0.6 is 15.9 Å². The first-order chi connectivity index (χ1) is 14.1. The quantitative estimate of drug-likeness (QED) is 0.396. The number of nitrogens with one attached hydrogen (secondary N) is 1. The van der Waals surface area contributed by atoms with Gasteiger partial charge >= 0.3 is 0 Å². The second kappa shape index (κ2) is 6.60. The number of imidazole rings is 1. The fourth-order valence-electron chi connectivity index (χ4n) is 3.89. The smallest absolute Gasteiger partial charge is 0.264 e. The SMILES string of the molecule is CC(=O)N(c1ccccc1Br)c1c2ccccc2c(=O)n2c1[nH]c1ccccc12. The highest BCUT2D eigenvalue weighted by atomic mass is 79.9. The molecule has 1 amide bonds. The van der Waals surface area contributed by atoms with Crippen molar-refractivity contribution >= 4 is 60.7 Å². The van der Waals surface area contributed by atoms with Crippen LogP contribution in [0, 0.1) is 0 Å². The van der Waals surface area contributed by atoms with E-state index >= 15 is 0 Å². The van der Waals surface area contributed by atoms with Gasteiger partial charge in [0.05, 0.1) is 22.4 Å². The zero-order valence-corrected chi connectivity index (χ0v) is 17.1. The van der Waals surface area contributed by atoms with Crippen molar-refractivity contribution in [1.29, 1.82) is 0 Å². The average molecular weight is 446 g/mol. The molecule has 0 atom stereocenters. The van der Waals surface area contributed by atoms with Crippen LogP contribution in [0.1, 0.15) is 6.92 Å². The van der Waals surface area contributed by atoms with Gasteiger partial charge in [0.15, 0.2) is 0 Å². The minimum Gasteiger partial charge on any atom is -0.338 e. The van der Waals surface area contributed by atoms with Crippen molar-refractivity contribution in [2.75, 3.05) is 4.90 Å². The van der Waals surface area contributed by atoms with Crippen LogP contribution in [0.2, 0.25) is 0 Å². The van der Waals surface area contributed by atoms with Crippen LogP contribution in [0.5, 0.6) is 0 Å². The monoisotopic (exact) mass is 445 g/mol. The predicted molar refractivity (Wildman–Crippen MR) is 120 cm³/mol. The van der Waals surface area contributed by atoms with Gasteiger partial charge in [0, 0.05) is 22.2 Å². The number of nitrogens with zero attached hydrogens (tertiary/aromatic N) is 2. The van der Waals surface area contributed by atoms with Crippen LogP contribution in [0.3, 0.4) is 0 Å². The van der Waals surface area contributed by atoms with E-state index in [1.54, 1.807) is 15.4 Å². The number of carbonyl (C=O) groups excluding carboxylic acids is 1. The first-order valence-electron chi connectivity index (χ1n) is 9.17. The zero-order valence-electron chi connectivity index (χ0n) is 15.5. The number of aromatic nitrogens is 2. The van der Waals surface area contributed by atoms with Gasteiger partial charge in [0.25, 0.3) is 5.56 Å². The molecule has 6 heteroatoms. The van der Waals surface area contributed by atoms with Crippen LogP contribution in [0.4, 0.5) is 11.4 Å². The van der Waals surface area contributed by atoms with Crippen molar-refractivity contribution in [1.82, 2.24) is 9.38 Å². The molecular formula is C23H16BrN3O2. The number of halogens is 1. The normalized spacial score (nSPS) is 11.4. The first kappa shape index (κ1) is 17.7. The Morgan fingerprint density at radius 2 is 1.59 bits per heavy atom. The number of hydrogen-bond donors (Lipinski definition) is 1. The summed E-state index contributed by atoms with van der Waals surface area (Å²) in [6, 6.07) is 22.6. The van der Waals surface area contributed by atoms with E-state index in [9.17, 15) is 9.59 Å². The van der Waals surface area contributed by atoms with Crippen molar-refractivity contribution in [3.05, 3.63) is 87.6 Å². The molecule has 0 saturated carbocycles. The molecule has 5 rings (SSSR count). The number of benzene rings is 3. The predicted octanol–water partition coefficient (Wildman–Crippen LogP) is 5.38. The van der Waals surface area contributed by atoms with Crippen LogP contribution in [-0.4, -0.2) is 15.3 Å². The highest BCUT2D eigenvalue weighted by molar-refractivity contribution is 9.10. The fraction of sp³-hybridized carbons (Fsp3) is 0.0435. The number of fused-ring (bicyclic) bond motifs is 4. The molecule has 0 bridgehead atoms. The Kier molecular flexibility index (Phi) is 4.03. The van der Waals surface area contributed by atoms with Gasteiger partial charge in [-0.05, 0) is 46.3 Å². The molecule has 29 heavy (non-hydrogen) atoms. The highest BCUT2D eigenvalue weighted by Gasteiger charge is 2.25. The molecular weight excluding hydrogens is 430 g/mol. The van der Waals surface area contributed by atoms with Gasteiger partial charge in [-0.3, -0.25) is 18.9 Å². The van der Waals surface area contributed by atoms with Crippen molar-refractivity contribution < 1.29 is 4.79 Å². The molecule has 2 aromatic heterocycles. The van der Waals surface area contributed by atoms with E-state index in [2.05, 4.69) is 20.9 Å². The van der Waals surface area contributed by atoms with Crippen LogP contribution in [-0.2, 0) is 4.79 Å². The minimum absolute atomic E-state index is 0.118. The summed E-state index contributed by atoms with van der Waals surface area (Å²) < 4.78 is 2.44. The summed E-state index contributed by atoms with van der Waals surface area (Å²) in [4.78, 5) is 31.2. The van der Waals surface area contributed by atoms with Crippen LogP contribution in [0.25, 0.3) is 27.5 Å². The third-order valence-corrected chi connectivity index (χ3v) is 5.76. The topological polar surface area (TPSA) is 57.6 Å². The lowest BCUT2D eigenvalue weighted by atomic mass is 10.1. The standard InChI is InChI=1S/C23H16BrN3O2/c1-14(28)26(19-12-6-4-10-17(19)24)21-15-8-2-3-9-16(15)23(29)27-20-13-7-5-11-18(20)25-22(21)27/h2-13,25H,1H3. The number of rotatable bonds is 2. The molecule has 0 unspecified atom stereocenters. The van der Waals surface area contributed by atoms with E-state index in [1.807, 2.05) is 66.7 Å². The lowest BCUT2D eigenvalue weighted by Crippen LogP contribution is -2.26. The fourth-order valence-corrected chi connectivity index (χ4v) is 4.35. The van der Waals surface area contributed by atoms with Gasteiger partial charge < -0.3 is 4.98 Å². The van der Waals surface area contributed by atoms with E-state index < -0.39 is 0 Å². The lowest BCUT2D eigenvalue weighted by molar-refractivity contribution is -0.115. The summed E-state index contributed by atoms with van der Waals surface area (Å²) in [5.74, 6) is -0.152. The van der Waals surface area contributed by atoms with Crippen molar-refractivity contribution in [2.24, 2.45) is 0 Å². The third-order valence-electron chi connectivity index (χ3n) is 5.09. The Balaban J connectivity index is 2.03. The number of anilines is 2. The third kappa shape index (κ3) is 2.60. The van der Waals surface area contributed by atoms with E-state index in [1.165, 1.54) is 6.92 Å². The van der Waals surface area contributed by atoms with Crippen molar-refractivity contribution in [3.8, 4) is 0 Å². The Morgan fingerprint density at radius 1 is 0.931 bits per heavy atom. The molecule has 1 N–H and O–H groups in total. The van der Waals surface area contributed by atoms with E-state index in [0.717, 1.165) is 20.9 Å². The Labute approximate surface area is 174 Å². The minimum atomic E-state index is -0.152. The van der Waals surface area contributed by atoms with Gasteiger partial charge in [-0.25, -0.2) is 0 Å². The Bertz CT molecular complexity index is 1480. The molecule has 3 aromatic carbocycles. The lowest BCUT2D eigenvalue weighted by Gasteiger charge is -2.24. The average Bonchev–Trinajstić information content (AvgIpc) is 3.11. The summed E-state index contributed by atoms with van der Waals surface area (Å²) in [7, 11) is 0. The Morgan fingerprint density at radius 3 is 2.34 bits per heavy atom. The Hall–Kier alpha value is -3.38. The zero-order chi connectivity index (χ0) is 20.1. The van der Waals surface area contributed by atoms with Gasteiger partial charge in [-0.2, -0.15) is 0 Å². The molecule has 2 heterocycles. The first-order valence-corrected chi connectivity index (χ1v) is 9.96. The molecule has 0 saturated heterocycles. The molecule has 0 fully saturated rings. The molecule has 0 aliphatic carbocycles. The number of para-hydroxylation sites is 3. The van der Waals surface area contributed by atoms with Gasteiger partial charge in [0.2, 0.25) is 5.91 Å². The molecule has 0 aliphatic rings. The van der Waals surface area contributed by atoms with E-state index in [4.69, 9.17) is 0 Å². The molecule has 0 radical (unpaired) electrons. The second-order valence-electron chi connectivity index (χ2n) is 6.83. The summed E-state index contributed by atoms with van der Waals surface area (Å²) in [5.41, 5.74) is 3.43. The van der Waals surface area contributed by atoms with Gasteiger partial charge in [0.1, 0.15) is 5.65 Å². The van der Waals surface area contributed by atoms with Crippen molar-refractivity contribution in [2.45, 2.75) is 6.92 Å². The molecule has 0 aliphatic heterocycles. The maximum absolute atomic E-state index is 13.3. The molecule has 5 aromatic rings. The molecule has 142 valence electrons. The van der Waals surface area contributed by atoms with Gasteiger partial charge in [-0.15, -0.1) is 0 Å². The number of H-pyrrole nitrogens is 1. The number of hydrogen-bond acceptors (Lipinski definition) is 2. The maximum atomic E-state index is 13.3. The largest absolute Gasteiger partial charge is 0.338 e. The maximum Gasteiger partial charge on any atom is 0.264 e. The van der Waals surface area contributed by atoms with Crippen molar-refractivity contribution in [3.63, 3.8) is 0 Å². The van der Waals surface area contributed by atoms with Gasteiger partial charge in [-0.1, -0.05) is 42.5 Å².